The molecular weight excluding hydrogens is 180 g/mol. The van der Waals surface area contributed by atoms with Gasteiger partial charge in [-0.15, -0.1) is 0 Å². The fourth-order valence-corrected chi connectivity index (χ4v) is 0.911. The van der Waals surface area contributed by atoms with Crippen molar-refractivity contribution in [2.45, 2.75) is 6.18 Å². The highest BCUT2D eigenvalue weighted by Gasteiger charge is 2.30. The lowest BCUT2D eigenvalue weighted by Crippen LogP contribution is -2.13. The zero-order valence-electron chi connectivity index (χ0n) is 6.85. The van der Waals surface area contributed by atoms with Crippen LogP contribution in [0.4, 0.5) is 13.2 Å². The summed E-state index contributed by atoms with van der Waals surface area (Å²) in [6.45, 7) is 0. The lowest BCUT2D eigenvalue weighted by molar-refractivity contribution is -0.137. The monoisotopic (exact) mass is 186 g/mol. The summed E-state index contributed by atoms with van der Waals surface area (Å²) in [6.07, 6.45) is -4.36. The maximum atomic E-state index is 12.1. The molecule has 0 saturated heterocycles. The number of halogens is 3. The Balaban J connectivity index is 3.10. The minimum Gasteiger partial charge on any atom is -0.497 e. The fourth-order valence-electron chi connectivity index (χ4n) is 0.911. The van der Waals surface area contributed by atoms with E-state index in [1.807, 2.05) is 0 Å². The molecule has 13 heavy (non-hydrogen) atoms. The highest BCUT2D eigenvalue weighted by molar-refractivity contribution is 6.34. The summed E-state index contributed by atoms with van der Waals surface area (Å²) in [4.78, 5) is 0. The van der Waals surface area contributed by atoms with E-state index in [0.29, 0.717) is 0 Å². The molecule has 0 N–H and O–H groups in total. The highest BCUT2D eigenvalue weighted by Crippen LogP contribution is 2.29. The van der Waals surface area contributed by atoms with Crippen molar-refractivity contribution in [3.63, 3.8) is 0 Å². The van der Waals surface area contributed by atoms with Crippen LogP contribution in [0.15, 0.2) is 18.2 Å². The van der Waals surface area contributed by atoms with Crippen LogP contribution in [0.5, 0.6) is 5.75 Å². The molecule has 0 fully saturated rings. The quantitative estimate of drug-likeness (QED) is 0.604. The molecule has 0 spiro atoms. The molecule has 0 aliphatic heterocycles. The summed E-state index contributed by atoms with van der Waals surface area (Å²) < 4.78 is 41.0. The molecule has 0 unspecified atom stereocenters. The standard InChI is InChI=1S/C8H6BF3O/c1-13-7-3-2-5(4-6(7)9)8(10,11)12/h2-4H,1H3. The number of alkyl halides is 3. The molecule has 0 saturated carbocycles. The van der Waals surface area contributed by atoms with Gasteiger partial charge in [0, 0.05) is 0 Å². The van der Waals surface area contributed by atoms with E-state index >= 15 is 0 Å². The molecule has 0 atom stereocenters. The number of methoxy groups -OCH3 is 1. The Morgan fingerprint density at radius 3 is 2.31 bits per heavy atom. The first-order valence-electron chi connectivity index (χ1n) is 3.46. The van der Waals surface area contributed by atoms with Gasteiger partial charge in [0.1, 0.15) is 13.6 Å². The lowest BCUT2D eigenvalue weighted by Gasteiger charge is -2.09. The summed E-state index contributed by atoms with van der Waals surface area (Å²) in [6, 6.07) is 2.96. The van der Waals surface area contributed by atoms with Gasteiger partial charge in [0.25, 0.3) is 0 Å². The average molecular weight is 186 g/mol. The van der Waals surface area contributed by atoms with E-state index in [2.05, 4.69) is 0 Å². The average Bonchev–Trinajstić information content (AvgIpc) is 2.02. The first kappa shape index (κ1) is 9.96. The van der Waals surface area contributed by atoms with Gasteiger partial charge in [-0.25, -0.2) is 0 Å². The number of hydrogen-bond acceptors (Lipinski definition) is 1. The molecule has 1 rings (SSSR count). The van der Waals surface area contributed by atoms with Crippen LogP contribution in [0.1, 0.15) is 5.56 Å². The van der Waals surface area contributed by atoms with Gasteiger partial charge >= 0.3 is 6.18 Å². The van der Waals surface area contributed by atoms with Gasteiger partial charge in [-0.05, 0) is 12.1 Å². The number of benzene rings is 1. The number of ether oxygens (including phenoxy) is 1. The third kappa shape index (κ3) is 2.17. The Hall–Kier alpha value is -1.13. The predicted molar refractivity (Wildman–Crippen MR) is 43.4 cm³/mol. The van der Waals surface area contributed by atoms with Crippen LogP contribution in [-0.2, 0) is 6.18 Å². The van der Waals surface area contributed by atoms with Crippen LogP contribution in [0, 0.1) is 0 Å². The van der Waals surface area contributed by atoms with Crippen LogP contribution in [0.3, 0.4) is 0 Å². The number of rotatable bonds is 1. The third-order valence-electron chi connectivity index (χ3n) is 1.56. The molecule has 68 valence electrons. The summed E-state index contributed by atoms with van der Waals surface area (Å²) >= 11 is 0. The first-order valence-corrected chi connectivity index (χ1v) is 3.46. The van der Waals surface area contributed by atoms with Gasteiger partial charge in [-0.3, -0.25) is 0 Å². The summed E-state index contributed by atoms with van der Waals surface area (Å²) in [5.74, 6) is 0.244. The Labute approximate surface area is 74.9 Å². The minimum absolute atomic E-state index is 0.0164. The maximum absolute atomic E-state index is 12.1. The predicted octanol–water partition coefficient (Wildman–Crippen LogP) is 1.51. The second kappa shape index (κ2) is 3.32. The number of hydrogen-bond donors (Lipinski definition) is 0. The molecule has 5 heteroatoms. The molecule has 0 aliphatic carbocycles. The molecular formula is C8H6BF3O. The van der Waals surface area contributed by atoms with E-state index in [1.165, 1.54) is 13.2 Å². The molecule has 1 nitrogen and oxygen atoms in total. The third-order valence-corrected chi connectivity index (χ3v) is 1.56. The fraction of sp³-hybridized carbons (Fsp3) is 0.250. The van der Waals surface area contributed by atoms with Gasteiger partial charge in [0.05, 0.1) is 12.7 Å². The van der Waals surface area contributed by atoms with Crippen molar-refractivity contribution in [3.05, 3.63) is 23.8 Å². The van der Waals surface area contributed by atoms with Crippen LogP contribution in [0.25, 0.3) is 0 Å². The molecule has 0 heterocycles. The Morgan fingerprint density at radius 1 is 1.31 bits per heavy atom. The second-order valence-corrected chi connectivity index (χ2v) is 2.45. The highest BCUT2D eigenvalue weighted by atomic mass is 19.4. The van der Waals surface area contributed by atoms with Crippen LogP contribution in [-0.4, -0.2) is 15.0 Å². The molecule has 0 amide bonds. The van der Waals surface area contributed by atoms with E-state index in [0.717, 1.165) is 12.1 Å². The van der Waals surface area contributed by atoms with Gasteiger partial charge in [-0.1, -0.05) is 11.5 Å². The zero-order valence-corrected chi connectivity index (χ0v) is 6.85. The van der Waals surface area contributed by atoms with Crippen molar-refractivity contribution in [2.75, 3.05) is 7.11 Å². The Bertz CT molecular complexity index is 309. The van der Waals surface area contributed by atoms with Crippen molar-refractivity contribution in [1.29, 1.82) is 0 Å². The van der Waals surface area contributed by atoms with Crippen LogP contribution < -0.4 is 10.2 Å². The van der Waals surface area contributed by atoms with E-state index in [4.69, 9.17) is 12.6 Å². The second-order valence-electron chi connectivity index (χ2n) is 2.45. The van der Waals surface area contributed by atoms with E-state index in [1.54, 1.807) is 0 Å². The van der Waals surface area contributed by atoms with Crippen molar-refractivity contribution < 1.29 is 17.9 Å². The van der Waals surface area contributed by atoms with E-state index < -0.39 is 11.7 Å². The first-order chi connectivity index (χ1) is 5.95. The summed E-state index contributed by atoms with van der Waals surface area (Å²) in [5, 5.41) is 0. The van der Waals surface area contributed by atoms with Gasteiger partial charge in [0.15, 0.2) is 0 Å². The van der Waals surface area contributed by atoms with Crippen molar-refractivity contribution in [2.24, 2.45) is 0 Å². The van der Waals surface area contributed by atoms with Crippen LogP contribution >= 0.6 is 0 Å². The molecule has 0 bridgehead atoms. The van der Waals surface area contributed by atoms with Crippen molar-refractivity contribution in [3.8, 4) is 5.75 Å². The van der Waals surface area contributed by atoms with Crippen molar-refractivity contribution >= 4 is 13.3 Å². The zero-order chi connectivity index (χ0) is 10.1. The molecule has 1 aromatic rings. The lowest BCUT2D eigenvalue weighted by atomic mass is 9.93. The normalized spacial score (nSPS) is 11.4. The van der Waals surface area contributed by atoms with Gasteiger partial charge in [-0.2, -0.15) is 13.2 Å². The topological polar surface area (TPSA) is 9.23 Å². The van der Waals surface area contributed by atoms with Crippen molar-refractivity contribution in [1.82, 2.24) is 0 Å². The molecule has 1 aromatic carbocycles. The SMILES string of the molecule is [B]c1cc(C(F)(F)F)ccc1OC. The molecule has 0 aromatic heterocycles. The summed E-state index contributed by atoms with van der Waals surface area (Å²) in [5.41, 5.74) is -0.789. The Morgan fingerprint density at radius 2 is 1.92 bits per heavy atom. The van der Waals surface area contributed by atoms with E-state index in [9.17, 15) is 13.2 Å². The van der Waals surface area contributed by atoms with Gasteiger partial charge in [0.2, 0.25) is 0 Å². The largest absolute Gasteiger partial charge is 0.497 e. The summed E-state index contributed by atoms with van der Waals surface area (Å²) in [7, 11) is 6.65. The van der Waals surface area contributed by atoms with E-state index in [-0.39, 0.29) is 11.2 Å². The Kier molecular flexibility index (Phi) is 2.54. The minimum atomic E-state index is -4.36. The van der Waals surface area contributed by atoms with Gasteiger partial charge < -0.3 is 4.74 Å². The molecule has 2 radical (unpaired) electrons. The molecule has 0 aliphatic rings. The maximum Gasteiger partial charge on any atom is 0.416 e. The smallest absolute Gasteiger partial charge is 0.416 e. The van der Waals surface area contributed by atoms with Crippen LogP contribution in [0.2, 0.25) is 0 Å².